The molecule has 0 aliphatic carbocycles. The molecule has 14 nitrogen and oxygen atoms in total. The Morgan fingerprint density at radius 2 is 1.33 bits per heavy atom. The third-order valence-corrected chi connectivity index (χ3v) is 9.95. The Bertz CT molecular complexity index is 2200. The molecule has 6 aromatic rings. The van der Waals surface area contributed by atoms with Gasteiger partial charge in [-0.05, 0) is 95.1 Å². The summed E-state index contributed by atoms with van der Waals surface area (Å²) in [5.74, 6) is 2.34. The van der Waals surface area contributed by atoms with Crippen LogP contribution in [0.2, 0.25) is 10.0 Å². The van der Waals surface area contributed by atoms with Crippen molar-refractivity contribution in [3.8, 4) is 0 Å². The van der Waals surface area contributed by atoms with Gasteiger partial charge in [0.15, 0.2) is 34.0 Å². The summed E-state index contributed by atoms with van der Waals surface area (Å²) in [5, 5.41) is 22.0. The normalized spacial score (nSPS) is 18.0. The van der Waals surface area contributed by atoms with E-state index >= 15 is 0 Å². The molecule has 3 atom stereocenters. The fraction of sp³-hybridized carbons (Fsp3) is 0.389. The minimum absolute atomic E-state index is 0.0189. The SMILES string of the molecule is CC(C)n1cnc2c(Nc3cc(Cl)cc(CC(C)n4cnc5c(Nc6cccc(Cl)c6)nc(N[C@H]6CCNC6)nc54)c3)nc(N[C@@H]3CCNC3)nc21. The van der Waals surface area contributed by atoms with Crippen molar-refractivity contribution in [1.29, 1.82) is 0 Å². The molecule has 52 heavy (non-hydrogen) atoms. The summed E-state index contributed by atoms with van der Waals surface area (Å²) in [6, 6.07) is 14.2. The van der Waals surface area contributed by atoms with Crippen molar-refractivity contribution in [2.24, 2.45) is 0 Å². The quantitative estimate of drug-likeness (QED) is 0.0791. The molecule has 16 heteroatoms. The Hall–Kier alpha value is -4.76. The van der Waals surface area contributed by atoms with E-state index in [0.717, 1.165) is 67.3 Å². The zero-order valence-electron chi connectivity index (χ0n) is 29.3. The Morgan fingerprint density at radius 1 is 0.731 bits per heavy atom. The Balaban J connectivity index is 1.09. The van der Waals surface area contributed by atoms with Crippen LogP contribution in [0.15, 0.2) is 55.1 Å². The molecule has 0 radical (unpaired) electrons. The molecule has 0 saturated carbocycles. The lowest BCUT2D eigenvalue weighted by Crippen LogP contribution is -2.23. The highest BCUT2D eigenvalue weighted by Crippen LogP contribution is 2.32. The van der Waals surface area contributed by atoms with Gasteiger partial charge in [-0.3, -0.25) is 0 Å². The Kier molecular flexibility index (Phi) is 9.70. The molecular formula is C36H42Cl2N14. The van der Waals surface area contributed by atoms with Crippen LogP contribution in [0.5, 0.6) is 0 Å². The maximum atomic E-state index is 6.76. The summed E-state index contributed by atoms with van der Waals surface area (Å²) >= 11 is 13.1. The van der Waals surface area contributed by atoms with Crippen molar-refractivity contribution in [2.75, 3.05) is 47.4 Å². The van der Waals surface area contributed by atoms with Gasteiger partial charge < -0.3 is 41.0 Å². The summed E-state index contributed by atoms with van der Waals surface area (Å²) in [6.45, 7) is 10.0. The van der Waals surface area contributed by atoms with E-state index in [1.807, 2.05) is 49.1 Å². The number of benzene rings is 2. The van der Waals surface area contributed by atoms with Crippen LogP contribution >= 0.6 is 23.2 Å². The van der Waals surface area contributed by atoms with Gasteiger partial charge in [0, 0.05) is 58.7 Å². The van der Waals surface area contributed by atoms with E-state index in [-0.39, 0.29) is 24.2 Å². The van der Waals surface area contributed by atoms with Crippen LogP contribution in [0.1, 0.15) is 51.3 Å². The molecule has 2 aromatic carbocycles. The maximum Gasteiger partial charge on any atom is 0.227 e. The highest BCUT2D eigenvalue weighted by molar-refractivity contribution is 6.31. The zero-order chi connectivity index (χ0) is 35.8. The summed E-state index contributed by atoms with van der Waals surface area (Å²) in [4.78, 5) is 29.1. The van der Waals surface area contributed by atoms with Crippen LogP contribution in [0.25, 0.3) is 22.3 Å². The molecule has 0 amide bonds. The van der Waals surface area contributed by atoms with E-state index in [1.165, 1.54) is 0 Å². The number of rotatable bonds is 12. The fourth-order valence-electron chi connectivity index (χ4n) is 6.88. The summed E-state index contributed by atoms with van der Waals surface area (Å²) in [5.41, 5.74) is 5.53. The second kappa shape index (κ2) is 14.7. The third-order valence-electron chi connectivity index (χ3n) is 9.50. The fourth-order valence-corrected chi connectivity index (χ4v) is 7.33. The Labute approximate surface area is 311 Å². The lowest BCUT2D eigenvalue weighted by Gasteiger charge is -2.18. The number of anilines is 6. The van der Waals surface area contributed by atoms with Gasteiger partial charge in [-0.25, -0.2) is 9.97 Å². The lowest BCUT2D eigenvalue weighted by molar-refractivity contribution is 0.555. The molecule has 2 aliphatic rings. The van der Waals surface area contributed by atoms with Crippen molar-refractivity contribution in [2.45, 2.75) is 64.2 Å². The average Bonchev–Trinajstić information content (AvgIpc) is 3.93. The first-order valence-corrected chi connectivity index (χ1v) is 18.5. The van der Waals surface area contributed by atoms with Crippen molar-refractivity contribution < 1.29 is 0 Å². The topological polar surface area (TPSA) is 159 Å². The molecule has 0 bridgehead atoms. The average molecular weight is 742 g/mol. The van der Waals surface area contributed by atoms with Crippen LogP contribution in [-0.2, 0) is 6.42 Å². The first kappa shape index (κ1) is 34.3. The lowest BCUT2D eigenvalue weighted by atomic mass is 10.1. The second-order valence-corrected chi connectivity index (χ2v) is 14.7. The van der Waals surface area contributed by atoms with Crippen LogP contribution < -0.4 is 31.9 Å². The Morgan fingerprint density at radius 3 is 1.92 bits per heavy atom. The monoisotopic (exact) mass is 740 g/mol. The van der Waals surface area contributed by atoms with Crippen LogP contribution in [0, 0.1) is 0 Å². The van der Waals surface area contributed by atoms with Gasteiger partial charge >= 0.3 is 0 Å². The summed E-state index contributed by atoms with van der Waals surface area (Å²) in [7, 11) is 0. The van der Waals surface area contributed by atoms with Gasteiger partial charge in [-0.15, -0.1) is 0 Å². The van der Waals surface area contributed by atoms with Crippen molar-refractivity contribution in [3.63, 3.8) is 0 Å². The molecule has 6 N–H and O–H groups in total. The number of fused-ring (bicyclic) bond motifs is 2. The number of aromatic nitrogens is 8. The van der Waals surface area contributed by atoms with Gasteiger partial charge in [-0.2, -0.15) is 19.9 Å². The number of nitrogens with zero attached hydrogens (tertiary/aromatic N) is 8. The zero-order valence-corrected chi connectivity index (χ0v) is 30.8. The van der Waals surface area contributed by atoms with E-state index in [9.17, 15) is 0 Å². The number of halogens is 2. The van der Waals surface area contributed by atoms with Gasteiger partial charge in [-0.1, -0.05) is 29.3 Å². The summed E-state index contributed by atoms with van der Waals surface area (Å²) in [6.07, 6.45) is 6.32. The molecule has 2 aliphatic heterocycles. The molecule has 8 rings (SSSR count). The standard InChI is InChI=1S/C36H42Cl2N14/c1-20(2)51-18-41-29-32(48-35(49-33(29)51)45-26-7-9-39-16-26)44-28-13-22(12-24(38)15-28)11-21(3)52-19-42-30-31(43-25-6-4-5-23(37)14-25)47-36(50-34(30)52)46-27-8-10-40-17-27/h4-6,12-15,18-21,26-27,39-40H,7-11,16-17H2,1-3H3,(H2,43,46,47,50)(H2,44,45,48,49)/t21?,26-,27+/m1/s1. The number of hydrogen-bond donors (Lipinski definition) is 6. The van der Waals surface area contributed by atoms with Crippen molar-refractivity contribution >= 4 is 80.4 Å². The van der Waals surface area contributed by atoms with Gasteiger partial charge in [0.25, 0.3) is 0 Å². The first-order valence-electron chi connectivity index (χ1n) is 17.8. The predicted molar refractivity (Wildman–Crippen MR) is 209 cm³/mol. The maximum absolute atomic E-state index is 6.76. The van der Waals surface area contributed by atoms with E-state index < -0.39 is 0 Å². The largest absolute Gasteiger partial charge is 0.350 e. The van der Waals surface area contributed by atoms with E-state index in [4.69, 9.17) is 53.1 Å². The second-order valence-electron chi connectivity index (χ2n) is 13.9. The molecule has 2 fully saturated rings. The van der Waals surface area contributed by atoms with E-state index in [1.54, 1.807) is 0 Å². The first-order chi connectivity index (χ1) is 25.3. The molecule has 1 unspecified atom stereocenters. The molecule has 270 valence electrons. The van der Waals surface area contributed by atoms with E-state index in [0.29, 0.717) is 51.0 Å². The van der Waals surface area contributed by atoms with Crippen LogP contribution in [-0.4, -0.2) is 77.3 Å². The van der Waals surface area contributed by atoms with Crippen molar-refractivity contribution in [3.05, 3.63) is 70.7 Å². The van der Waals surface area contributed by atoms with Crippen LogP contribution in [0.3, 0.4) is 0 Å². The predicted octanol–water partition coefficient (Wildman–Crippen LogP) is 6.69. The van der Waals surface area contributed by atoms with Gasteiger partial charge in [0.1, 0.15) is 0 Å². The number of imidazole rings is 2. The third kappa shape index (κ3) is 7.42. The highest BCUT2D eigenvalue weighted by Gasteiger charge is 2.22. The van der Waals surface area contributed by atoms with E-state index in [2.05, 4.69) is 67.9 Å². The smallest absolute Gasteiger partial charge is 0.227 e. The molecule has 4 aromatic heterocycles. The van der Waals surface area contributed by atoms with Gasteiger partial charge in [0.05, 0.1) is 12.7 Å². The van der Waals surface area contributed by atoms with Gasteiger partial charge in [0.2, 0.25) is 11.9 Å². The molecular weight excluding hydrogens is 699 g/mol. The minimum Gasteiger partial charge on any atom is -0.350 e. The summed E-state index contributed by atoms with van der Waals surface area (Å²) < 4.78 is 4.15. The number of hydrogen-bond acceptors (Lipinski definition) is 12. The highest BCUT2D eigenvalue weighted by atomic mass is 35.5. The molecule has 6 heterocycles. The van der Waals surface area contributed by atoms with Crippen LogP contribution in [0.4, 0.5) is 34.9 Å². The van der Waals surface area contributed by atoms with Crippen molar-refractivity contribution in [1.82, 2.24) is 49.7 Å². The minimum atomic E-state index is -0.0189. The molecule has 0 spiro atoms. The number of nitrogens with one attached hydrogen (secondary N) is 6. The molecule has 2 saturated heterocycles.